The van der Waals surface area contributed by atoms with Crippen molar-refractivity contribution in [1.29, 1.82) is 0 Å². The maximum Gasteiger partial charge on any atom is 0.161 e. The van der Waals surface area contributed by atoms with Crippen molar-refractivity contribution in [2.45, 2.75) is 13.3 Å². The zero-order valence-electron chi connectivity index (χ0n) is 13.1. The van der Waals surface area contributed by atoms with E-state index in [4.69, 9.17) is 0 Å². The van der Waals surface area contributed by atoms with Crippen LogP contribution in [0.15, 0.2) is 55.1 Å². The van der Waals surface area contributed by atoms with Crippen LogP contribution in [0.4, 0.5) is 8.78 Å². The van der Waals surface area contributed by atoms with Gasteiger partial charge in [-0.15, -0.1) is 0 Å². The zero-order valence-corrected chi connectivity index (χ0v) is 13.1. The maximum absolute atomic E-state index is 13.1. The number of nitrogens with one attached hydrogen (secondary N) is 2. The lowest BCUT2D eigenvalue weighted by molar-refractivity contribution is 0.510. The van der Waals surface area contributed by atoms with Crippen LogP contribution < -0.4 is 0 Å². The number of aryl methyl sites for hydroxylation is 1. The average molecular weight is 326 g/mol. The molecule has 0 aliphatic heterocycles. The van der Waals surface area contributed by atoms with Gasteiger partial charge in [-0.3, -0.25) is 0 Å². The third-order valence-corrected chi connectivity index (χ3v) is 3.57. The predicted octanol–water partition coefficient (Wildman–Crippen LogP) is 4.48. The lowest BCUT2D eigenvalue weighted by Gasteiger charge is -1.98. The third kappa shape index (κ3) is 3.48. The number of imidazole rings is 2. The molecule has 0 radical (unpaired) electrons. The SMILES string of the molecule is CCc1ccc(-c2nc3cc(F)c(F)cc3[nH]2)cc1.c1c[nH]cn1. The van der Waals surface area contributed by atoms with E-state index in [2.05, 4.69) is 26.9 Å². The highest BCUT2D eigenvalue weighted by Gasteiger charge is 2.09. The van der Waals surface area contributed by atoms with Gasteiger partial charge in [0.2, 0.25) is 0 Å². The summed E-state index contributed by atoms with van der Waals surface area (Å²) in [5.41, 5.74) is 3.05. The van der Waals surface area contributed by atoms with Crippen LogP contribution in [-0.2, 0) is 6.42 Å². The Kier molecular flexibility index (Phi) is 4.65. The first-order valence-corrected chi connectivity index (χ1v) is 7.54. The summed E-state index contributed by atoms with van der Waals surface area (Å²) in [6.07, 6.45) is 6.05. The van der Waals surface area contributed by atoms with Gasteiger partial charge in [-0.1, -0.05) is 31.2 Å². The number of halogens is 2. The molecule has 0 atom stereocenters. The fraction of sp³-hybridized carbons (Fsp3) is 0.111. The fourth-order valence-corrected chi connectivity index (χ4v) is 2.26. The van der Waals surface area contributed by atoms with Gasteiger partial charge in [0.25, 0.3) is 0 Å². The summed E-state index contributed by atoms with van der Waals surface area (Å²) < 4.78 is 26.3. The predicted molar refractivity (Wildman–Crippen MR) is 89.4 cm³/mol. The number of aromatic nitrogens is 4. The van der Waals surface area contributed by atoms with Crippen LogP contribution in [0.2, 0.25) is 0 Å². The van der Waals surface area contributed by atoms with Crippen molar-refractivity contribution in [3.8, 4) is 11.4 Å². The van der Waals surface area contributed by atoms with Gasteiger partial charge < -0.3 is 9.97 Å². The van der Waals surface area contributed by atoms with Crippen molar-refractivity contribution in [1.82, 2.24) is 19.9 Å². The quantitative estimate of drug-likeness (QED) is 0.570. The monoisotopic (exact) mass is 326 g/mol. The van der Waals surface area contributed by atoms with Crippen molar-refractivity contribution >= 4 is 11.0 Å². The molecule has 0 aliphatic rings. The van der Waals surface area contributed by atoms with Gasteiger partial charge in [0.05, 0.1) is 17.4 Å². The highest BCUT2D eigenvalue weighted by atomic mass is 19.2. The molecule has 0 saturated carbocycles. The standard InChI is InChI=1S/C15H12F2N2.C3H4N2/c1-2-9-3-5-10(6-4-9)15-18-13-7-11(16)12(17)8-14(13)19-15;1-2-5-3-4-1/h3-8H,2H2,1H3,(H,18,19);1-3H,(H,4,5). The summed E-state index contributed by atoms with van der Waals surface area (Å²) in [5.74, 6) is -1.14. The normalized spacial score (nSPS) is 10.5. The molecule has 0 saturated heterocycles. The zero-order chi connectivity index (χ0) is 16.9. The van der Waals surface area contributed by atoms with Gasteiger partial charge >= 0.3 is 0 Å². The highest BCUT2D eigenvalue weighted by molar-refractivity contribution is 5.79. The Balaban J connectivity index is 0.000000290. The molecule has 0 unspecified atom stereocenters. The van der Waals surface area contributed by atoms with E-state index in [0.29, 0.717) is 16.9 Å². The molecule has 24 heavy (non-hydrogen) atoms. The molecule has 4 aromatic rings. The summed E-state index contributed by atoms with van der Waals surface area (Å²) in [4.78, 5) is 13.7. The van der Waals surface area contributed by atoms with Crippen molar-refractivity contribution in [3.05, 3.63) is 72.3 Å². The molecule has 0 bridgehead atoms. The van der Waals surface area contributed by atoms with E-state index in [9.17, 15) is 8.78 Å². The average Bonchev–Trinajstić information content (AvgIpc) is 3.28. The Morgan fingerprint density at radius 1 is 1.04 bits per heavy atom. The minimum absolute atomic E-state index is 0.425. The molecule has 4 rings (SSSR count). The Bertz CT molecular complexity index is 856. The molecule has 2 aromatic carbocycles. The number of hydrogen-bond donors (Lipinski definition) is 2. The van der Waals surface area contributed by atoms with Crippen molar-refractivity contribution in [2.24, 2.45) is 0 Å². The molecule has 2 aromatic heterocycles. The van der Waals surface area contributed by atoms with Gasteiger partial charge in [-0.2, -0.15) is 0 Å². The summed E-state index contributed by atoms with van der Waals surface area (Å²) in [5, 5.41) is 0. The van der Waals surface area contributed by atoms with Crippen molar-refractivity contribution < 1.29 is 8.78 Å². The number of H-pyrrole nitrogens is 2. The number of aromatic amines is 2. The van der Waals surface area contributed by atoms with E-state index in [1.807, 2.05) is 24.3 Å². The van der Waals surface area contributed by atoms with Gasteiger partial charge in [0.15, 0.2) is 11.6 Å². The topological polar surface area (TPSA) is 57.4 Å². The van der Waals surface area contributed by atoms with Gasteiger partial charge in [-0.25, -0.2) is 18.7 Å². The number of rotatable bonds is 2. The summed E-state index contributed by atoms with van der Waals surface area (Å²) in [7, 11) is 0. The number of fused-ring (bicyclic) bond motifs is 1. The Morgan fingerprint density at radius 3 is 2.38 bits per heavy atom. The number of hydrogen-bond acceptors (Lipinski definition) is 2. The van der Waals surface area contributed by atoms with Gasteiger partial charge in [-0.05, 0) is 12.0 Å². The molecule has 0 spiro atoms. The molecule has 122 valence electrons. The van der Waals surface area contributed by atoms with Crippen LogP contribution >= 0.6 is 0 Å². The van der Waals surface area contributed by atoms with E-state index in [0.717, 1.165) is 24.1 Å². The Labute approximate surface area is 137 Å². The lowest BCUT2D eigenvalue weighted by Crippen LogP contribution is -1.82. The van der Waals surface area contributed by atoms with E-state index < -0.39 is 11.6 Å². The van der Waals surface area contributed by atoms with Crippen LogP contribution in [0.5, 0.6) is 0 Å². The molecule has 0 amide bonds. The summed E-state index contributed by atoms with van der Waals surface area (Å²) in [6, 6.07) is 10.2. The lowest BCUT2D eigenvalue weighted by atomic mass is 10.1. The molecule has 4 nitrogen and oxygen atoms in total. The van der Waals surface area contributed by atoms with E-state index >= 15 is 0 Å². The first-order chi connectivity index (χ1) is 11.7. The van der Waals surface area contributed by atoms with Gasteiger partial charge in [0, 0.05) is 30.1 Å². The van der Waals surface area contributed by atoms with E-state index in [1.54, 1.807) is 18.7 Å². The number of benzene rings is 2. The van der Waals surface area contributed by atoms with Gasteiger partial charge in [0.1, 0.15) is 5.82 Å². The van der Waals surface area contributed by atoms with E-state index in [-0.39, 0.29) is 0 Å². The second-order valence-electron chi connectivity index (χ2n) is 5.18. The molecule has 6 heteroatoms. The minimum Gasteiger partial charge on any atom is -0.351 e. The Hall–Kier alpha value is -3.02. The molecule has 2 heterocycles. The first kappa shape index (κ1) is 15.9. The largest absolute Gasteiger partial charge is 0.351 e. The van der Waals surface area contributed by atoms with Crippen LogP contribution in [0, 0.1) is 11.6 Å². The van der Waals surface area contributed by atoms with Crippen LogP contribution in [0.25, 0.3) is 22.4 Å². The minimum atomic E-state index is -0.883. The molecular weight excluding hydrogens is 310 g/mol. The molecule has 0 aliphatic carbocycles. The second kappa shape index (κ2) is 7.04. The third-order valence-electron chi connectivity index (χ3n) is 3.57. The summed E-state index contributed by atoms with van der Waals surface area (Å²) >= 11 is 0. The smallest absolute Gasteiger partial charge is 0.161 e. The highest BCUT2D eigenvalue weighted by Crippen LogP contribution is 2.22. The summed E-state index contributed by atoms with van der Waals surface area (Å²) in [6.45, 7) is 2.09. The van der Waals surface area contributed by atoms with E-state index in [1.165, 1.54) is 5.56 Å². The molecule has 2 N–H and O–H groups in total. The molecular formula is C18H16F2N4. The van der Waals surface area contributed by atoms with Crippen LogP contribution in [-0.4, -0.2) is 19.9 Å². The maximum atomic E-state index is 13.1. The van der Waals surface area contributed by atoms with Crippen molar-refractivity contribution in [2.75, 3.05) is 0 Å². The fourth-order valence-electron chi connectivity index (χ4n) is 2.26. The molecule has 0 fully saturated rings. The Morgan fingerprint density at radius 2 is 1.79 bits per heavy atom. The second-order valence-corrected chi connectivity index (χ2v) is 5.18. The van der Waals surface area contributed by atoms with Crippen LogP contribution in [0.3, 0.4) is 0 Å². The van der Waals surface area contributed by atoms with Crippen LogP contribution in [0.1, 0.15) is 12.5 Å². The van der Waals surface area contributed by atoms with Crippen molar-refractivity contribution in [3.63, 3.8) is 0 Å². The first-order valence-electron chi connectivity index (χ1n) is 7.54. The number of nitrogens with zero attached hydrogens (tertiary/aromatic N) is 2.